The Morgan fingerprint density at radius 3 is 2.41 bits per heavy atom. The van der Waals surface area contributed by atoms with Crippen molar-refractivity contribution < 1.29 is 21.5 Å². The maximum absolute atomic E-state index is 5.95. The Hall–Kier alpha value is -1.36. The average molecular weight is 396 g/mol. The first-order valence-electron chi connectivity index (χ1n) is 6.75. The largest absolute Gasteiger partial charge is 1.00 e. The van der Waals surface area contributed by atoms with Gasteiger partial charge in [0.25, 0.3) is 0 Å². The van der Waals surface area contributed by atoms with Crippen LogP contribution in [0.3, 0.4) is 0 Å². The van der Waals surface area contributed by atoms with E-state index in [2.05, 4.69) is 46.6 Å². The number of anilines is 1. The number of nitrogens with one attached hydrogen (secondary N) is 1. The number of aromatic nitrogens is 1. The molecule has 0 fully saturated rings. The SMILES string of the molecule is C[n+]1c(-c2ccc(Cl)cc2)csc1NCc1ccccc1.[Br-]. The van der Waals surface area contributed by atoms with Crippen LogP contribution in [0, 0.1) is 0 Å². The Morgan fingerprint density at radius 2 is 1.73 bits per heavy atom. The van der Waals surface area contributed by atoms with Gasteiger partial charge in [0.15, 0.2) is 0 Å². The smallest absolute Gasteiger partial charge is 0.334 e. The van der Waals surface area contributed by atoms with Gasteiger partial charge in [-0.15, -0.1) is 0 Å². The molecule has 0 amide bonds. The lowest BCUT2D eigenvalue weighted by molar-refractivity contribution is -0.641. The van der Waals surface area contributed by atoms with Crippen LogP contribution in [-0.2, 0) is 13.6 Å². The van der Waals surface area contributed by atoms with Crippen molar-refractivity contribution >= 4 is 28.1 Å². The van der Waals surface area contributed by atoms with Crippen molar-refractivity contribution in [3.05, 3.63) is 70.6 Å². The van der Waals surface area contributed by atoms with Gasteiger partial charge in [0, 0.05) is 16.0 Å². The van der Waals surface area contributed by atoms with E-state index in [1.54, 1.807) is 11.3 Å². The van der Waals surface area contributed by atoms with E-state index in [1.165, 1.54) is 16.8 Å². The van der Waals surface area contributed by atoms with E-state index in [0.29, 0.717) is 0 Å². The van der Waals surface area contributed by atoms with E-state index in [4.69, 9.17) is 11.6 Å². The zero-order valence-electron chi connectivity index (χ0n) is 12.1. The van der Waals surface area contributed by atoms with E-state index in [9.17, 15) is 0 Å². The fourth-order valence-corrected chi connectivity index (χ4v) is 3.25. The monoisotopic (exact) mass is 394 g/mol. The predicted molar refractivity (Wildman–Crippen MR) is 89.7 cm³/mol. The molecular formula is C17H16BrClN2S. The van der Waals surface area contributed by atoms with Gasteiger partial charge < -0.3 is 17.0 Å². The number of nitrogens with zero attached hydrogens (tertiary/aromatic N) is 1. The molecule has 2 aromatic carbocycles. The Morgan fingerprint density at radius 1 is 1.05 bits per heavy atom. The first kappa shape index (κ1) is 17.0. The van der Waals surface area contributed by atoms with Gasteiger partial charge >= 0.3 is 5.13 Å². The summed E-state index contributed by atoms with van der Waals surface area (Å²) in [6.07, 6.45) is 0. The first-order chi connectivity index (χ1) is 10.2. The highest BCUT2D eigenvalue weighted by molar-refractivity contribution is 7.13. The molecule has 0 saturated carbocycles. The summed E-state index contributed by atoms with van der Waals surface area (Å²) in [5, 5.41) is 7.55. The number of hydrogen-bond acceptors (Lipinski definition) is 2. The predicted octanol–water partition coefficient (Wildman–Crippen LogP) is 1.51. The Labute approximate surface area is 150 Å². The molecule has 0 bridgehead atoms. The number of thiazole rings is 1. The standard InChI is InChI=1S/C17H15ClN2S.BrH/c1-20-16(14-7-9-15(18)10-8-14)12-21-17(20)19-11-13-5-3-2-4-6-13;/h2-10,12H,11H2,1H3;1H. The quantitative estimate of drug-likeness (QED) is 0.662. The number of hydrogen-bond donors (Lipinski definition) is 1. The Bertz CT molecular complexity index is 726. The van der Waals surface area contributed by atoms with Gasteiger partial charge in [-0.3, -0.25) is 5.32 Å². The minimum atomic E-state index is 0. The first-order valence-corrected chi connectivity index (χ1v) is 8.01. The van der Waals surface area contributed by atoms with Crippen LogP contribution in [0.5, 0.6) is 0 Å². The molecule has 2 nitrogen and oxygen atoms in total. The second-order valence-corrected chi connectivity index (χ2v) is 6.13. The van der Waals surface area contributed by atoms with E-state index < -0.39 is 0 Å². The molecule has 0 saturated heterocycles. The van der Waals surface area contributed by atoms with Gasteiger partial charge in [-0.2, -0.15) is 0 Å². The van der Waals surface area contributed by atoms with Gasteiger partial charge in [0.05, 0.1) is 7.05 Å². The van der Waals surface area contributed by atoms with Crippen LogP contribution in [-0.4, -0.2) is 0 Å². The van der Waals surface area contributed by atoms with Crippen molar-refractivity contribution in [3.63, 3.8) is 0 Å². The summed E-state index contributed by atoms with van der Waals surface area (Å²) in [5.74, 6) is 0. The van der Waals surface area contributed by atoms with Crippen LogP contribution in [0.25, 0.3) is 11.3 Å². The molecule has 0 aliphatic heterocycles. The third-order valence-corrected chi connectivity index (χ3v) is 4.61. The van der Waals surface area contributed by atoms with E-state index >= 15 is 0 Å². The summed E-state index contributed by atoms with van der Waals surface area (Å²) in [5.41, 5.74) is 3.64. The molecule has 0 unspecified atom stereocenters. The molecule has 1 heterocycles. The molecule has 3 aromatic rings. The number of benzene rings is 2. The third kappa shape index (κ3) is 3.88. The summed E-state index contributed by atoms with van der Waals surface area (Å²) >= 11 is 7.66. The van der Waals surface area contributed by atoms with Crippen LogP contribution >= 0.6 is 22.9 Å². The van der Waals surface area contributed by atoms with Gasteiger partial charge in [-0.25, -0.2) is 4.57 Å². The van der Waals surface area contributed by atoms with Crippen molar-refractivity contribution in [2.75, 3.05) is 5.32 Å². The highest BCUT2D eigenvalue weighted by atomic mass is 79.9. The molecule has 1 N–H and O–H groups in total. The normalized spacial score (nSPS) is 10.1. The second-order valence-electron chi connectivity index (χ2n) is 4.83. The lowest BCUT2D eigenvalue weighted by Gasteiger charge is -2.02. The summed E-state index contributed by atoms with van der Waals surface area (Å²) in [6, 6.07) is 18.3. The average Bonchev–Trinajstić information content (AvgIpc) is 2.88. The van der Waals surface area contributed by atoms with Crippen LogP contribution in [0.2, 0.25) is 5.02 Å². The summed E-state index contributed by atoms with van der Waals surface area (Å²) in [7, 11) is 2.08. The van der Waals surface area contributed by atoms with Crippen molar-refractivity contribution in [3.8, 4) is 11.3 Å². The van der Waals surface area contributed by atoms with Gasteiger partial charge in [0.2, 0.25) is 0 Å². The summed E-state index contributed by atoms with van der Waals surface area (Å²) < 4.78 is 2.18. The molecule has 0 atom stereocenters. The highest BCUT2D eigenvalue weighted by Crippen LogP contribution is 2.24. The van der Waals surface area contributed by atoms with E-state index in [0.717, 1.165) is 16.7 Å². The molecule has 5 heteroatoms. The van der Waals surface area contributed by atoms with Gasteiger partial charge in [0.1, 0.15) is 12.2 Å². The zero-order valence-corrected chi connectivity index (χ0v) is 15.3. The topological polar surface area (TPSA) is 15.9 Å². The number of rotatable bonds is 4. The van der Waals surface area contributed by atoms with Crippen LogP contribution in [0.15, 0.2) is 60.0 Å². The Kier molecular flexibility index (Phi) is 6.00. The van der Waals surface area contributed by atoms with Crippen molar-refractivity contribution in [2.24, 2.45) is 7.05 Å². The maximum Gasteiger partial charge on any atom is 0.334 e. The second kappa shape index (κ2) is 7.77. The number of halogens is 2. The lowest BCUT2D eigenvalue weighted by atomic mass is 10.2. The molecule has 114 valence electrons. The van der Waals surface area contributed by atoms with Crippen LogP contribution in [0.1, 0.15) is 5.56 Å². The minimum absolute atomic E-state index is 0. The van der Waals surface area contributed by atoms with Crippen molar-refractivity contribution in [1.29, 1.82) is 0 Å². The molecule has 1 aromatic heterocycles. The van der Waals surface area contributed by atoms with E-state index in [1.807, 2.05) is 30.3 Å². The van der Waals surface area contributed by atoms with E-state index in [-0.39, 0.29) is 17.0 Å². The summed E-state index contributed by atoms with van der Waals surface area (Å²) in [4.78, 5) is 0. The van der Waals surface area contributed by atoms with Gasteiger partial charge in [-0.1, -0.05) is 53.3 Å². The maximum atomic E-state index is 5.95. The highest BCUT2D eigenvalue weighted by Gasteiger charge is 2.15. The lowest BCUT2D eigenvalue weighted by Crippen LogP contribution is -3.00. The zero-order chi connectivity index (χ0) is 14.7. The molecule has 0 aliphatic carbocycles. The van der Waals surface area contributed by atoms with Crippen molar-refractivity contribution in [1.82, 2.24) is 0 Å². The Balaban J connectivity index is 0.00000176. The fourth-order valence-electron chi connectivity index (χ4n) is 2.20. The molecule has 0 aliphatic rings. The van der Waals surface area contributed by atoms with Crippen LogP contribution in [0.4, 0.5) is 5.13 Å². The molecule has 0 radical (unpaired) electrons. The minimum Gasteiger partial charge on any atom is -1.00 e. The van der Waals surface area contributed by atoms with Gasteiger partial charge in [-0.05, 0) is 29.8 Å². The molecule has 22 heavy (non-hydrogen) atoms. The molecular weight excluding hydrogens is 380 g/mol. The molecule has 3 rings (SSSR count). The third-order valence-electron chi connectivity index (χ3n) is 3.37. The summed E-state index contributed by atoms with van der Waals surface area (Å²) in [6.45, 7) is 0.829. The molecule has 0 spiro atoms. The fraction of sp³-hybridized carbons (Fsp3) is 0.118. The van der Waals surface area contributed by atoms with Crippen molar-refractivity contribution in [2.45, 2.75) is 6.54 Å². The van der Waals surface area contributed by atoms with Crippen LogP contribution < -0.4 is 26.9 Å².